The Kier molecular flexibility index (Phi) is 5.89. The number of methoxy groups -OCH3 is 1. The summed E-state index contributed by atoms with van der Waals surface area (Å²) in [6.07, 6.45) is 2.02. The Balaban J connectivity index is 2.00. The number of hydrogen-bond acceptors (Lipinski definition) is 3. The average molecular weight is 373 g/mol. The van der Waals surface area contributed by atoms with Crippen LogP contribution in [-0.4, -0.2) is 30.1 Å². The van der Waals surface area contributed by atoms with Gasteiger partial charge < -0.3 is 9.72 Å². The van der Waals surface area contributed by atoms with Gasteiger partial charge in [0.2, 0.25) is 0 Å². The third-order valence-electron chi connectivity index (χ3n) is 4.77. The van der Waals surface area contributed by atoms with Gasteiger partial charge in [-0.1, -0.05) is 25.6 Å². The Morgan fingerprint density at radius 2 is 1.88 bits per heavy atom. The molecule has 26 heavy (non-hydrogen) atoms. The number of nitrogens with one attached hydrogen (secondary N) is 1. The normalized spacial score (nSPS) is 11.5. The number of fused-ring (bicyclic) bond motifs is 1. The van der Waals surface area contributed by atoms with Crippen molar-refractivity contribution in [2.75, 3.05) is 20.2 Å². The van der Waals surface area contributed by atoms with Crippen molar-refractivity contribution in [3.05, 3.63) is 53.5 Å². The highest BCUT2D eigenvalue weighted by atomic mass is 32.2. The largest absolute Gasteiger partial charge is 0.496 e. The molecule has 3 rings (SSSR count). The maximum atomic E-state index is 13.8. The molecule has 0 unspecified atom stereocenters. The smallest absolute Gasteiger partial charge is 0.123 e. The van der Waals surface area contributed by atoms with Crippen LogP contribution in [0.3, 0.4) is 0 Å². The molecule has 0 aliphatic heterocycles. The molecule has 3 aromatic rings. The van der Waals surface area contributed by atoms with Gasteiger partial charge in [0.1, 0.15) is 11.6 Å². The second-order valence-electron chi connectivity index (χ2n) is 6.28. The Hall–Kier alpha value is -1.98. The zero-order chi connectivity index (χ0) is 18.7. The van der Waals surface area contributed by atoms with Crippen LogP contribution in [0.4, 0.5) is 4.39 Å². The van der Waals surface area contributed by atoms with Crippen LogP contribution in [0.15, 0.2) is 46.3 Å². The molecular weight excluding hydrogens is 347 g/mol. The van der Waals surface area contributed by atoms with Crippen LogP contribution in [0, 0.1) is 12.7 Å². The van der Waals surface area contributed by atoms with Crippen LogP contribution in [0.1, 0.15) is 25.0 Å². The number of ether oxygens (including phenoxy) is 1. The van der Waals surface area contributed by atoms with E-state index in [0.29, 0.717) is 0 Å². The van der Waals surface area contributed by atoms with Gasteiger partial charge in [0.25, 0.3) is 0 Å². The molecule has 0 amide bonds. The van der Waals surface area contributed by atoms with Gasteiger partial charge in [-0.3, -0.25) is 4.90 Å². The fourth-order valence-corrected chi connectivity index (χ4v) is 4.34. The third-order valence-corrected chi connectivity index (χ3v) is 5.93. The van der Waals surface area contributed by atoms with Gasteiger partial charge in [-0.15, -0.1) is 0 Å². The molecule has 2 aromatic carbocycles. The minimum Gasteiger partial charge on any atom is -0.496 e. The summed E-state index contributed by atoms with van der Waals surface area (Å²) in [6.45, 7) is 8.97. The second kappa shape index (κ2) is 8.14. The number of hydrogen-bond donors (Lipinski definition) is 1. The first kappa shape index (κ1) is 18.8. The van der Waals surface area contributed by atoms with Crippen molar-refractivity contribution in [1.29, 1.82) is 0 Å². The number of aromatic nitrogens is 1. The van der Waals surface area contributed by atoms with Crippen LogP contribution in [0.5, 0.6) is 5.75 Å². The quantitative estimate of drug-likeness (QED) is 0.584. The standard InChI is InChI=1S/C21H25FN2OS/c1-5-24(6-2)13-15-11-16(22)7-10-19(15)26-20-12-23-17-8-9-18(25-4)14(3)21(17)20/h7-12,23H,5-6,13H2,1-4H3. The molecule has 0 aliphatic carbocycles. The molecular formula is C21H25FN2OS. The molecule has 0 aliphatic rings. The first-order chi connectivity index (χ1) is 12.6. The summed E-state index contributed by atoms with van der Waals surface area (Å²) in [5.41, 5.74) is 3.22. The lowest BCUT2D eigenvalue weighted by Crippen LogP contribution is -2.22. The van der Waals surface area contributed by atoms with E-state index in [9.17, 15) is 4.39 Å². The van der Waals surface area contributed by atoms with Crippen LogP contribution < -0.4 is 4.74 Å². The Morgan fingerprint density at radius 1 is 1.12 bits per heavy atom. The van der Waals surface area contributed by atoms with E-state index in [4.69, 9.17) is 4.74 Å². The van der Waals surface area contributed by atoms with Crippen molar-refractivity contribution in [3.8, 4) is 5.75 Å². The van der Waals surface area contributed by atoms with E-state index >= 15 is 0 Å². The summed E-state index contributed by atoms with van der Waals surface area (Å²) in [4.78, 5) is 7.84. The molecule has 0 radical (unpaired) electrons. The van der Waals surface area contributed by atoms with Gasteiger partial charge in [0.15, 0.2) is 0 Å². The van der Waals surface area contributed by atoms with Crippen molar-refractivity contribution in [1.82, 2.24) is 9.88 Å². The van der Waals surface area contributed by atoms with E-state index in [1.165, 1.54) is 6.07 Å². The van der Waals surface area contributed by atoms with Crippen LogP contribution in [0.25, 0.3) is 10.9 Å². The zero-order valence-corrected chi connectivity index (χ0v) is 16.5. The SMILES string of the molecule is CCN(CC)Cc1cc(F)ccc1Sc1c[nH]c2ccc(OC)c(C)c12. The summed E-state index contributed by atoms with van der Waals surface area (Å²) in [6, 6.07) is 9.09. The predicted octanol–water partition coefficient (Wildman–Crippen LogP) is 5.62. The molecule has 0 atom stereocenters. The number of aromatic amines is 1. The molecule has 1 aromatic heterocycles. The first-order valence-corrected chi connectivity index (χ1v) is 9.72. The number of aryl methyl sites for hydroxylation is 1. The van der Waals surface area contributed by atoms with E-state index in [-0.39, 0.29) is 5.82 Å². The molecule has 1 heterocycles. The molecule has 138 valence electrons. The number of halogens is 1. The number of H-pyrrole nitrogens is 1. The highest BCUT2D eigenvalue weighted by Crippen LogP contribution is 2.39. The van der Waals surface area contributed by atoms with Gasteiger partial charge in [0, 0.05) is 39.0 Å². The Labute approximate surface area is 158 Å². The minimum absolute atomic E-state index is 0.187. The molecule has 1 N–H and O–H groups in total. The predicted molar refractivity (Wildman–Crippen MR) is 107 cm³/mol. The third kappa shape index (κ3) is 3.74. The molecule has 5 heteroatoms. The summed E-state index contributed by atoms with van der Waals surface area (Å²) < 4.78 is 19.3. The second-order valence-corrected chi connectivity index (χ2v) is 7.37. The van der Waals surface area contributed by atoms with E-state index in [0.717, 1.165) is 57.2 Å². The van der Waals surface area contributed by atoms with Crippen molar-refractivity contribution in [2.45, 2.75) is 37.1 Å². The molecule has 0 saturated carbocycles. The molecule has 0 saturated heterocycles. The fourth-order valence-electron chi connectivity index (χ4n) is 3.23. The Morgan fingerprint density at radius 3 is 2.58 bits per heavy atom. The van der Waals surface area contributed by atoms with Crippen LogP contribution >= 0.6 is 11.8 Å². The van der Waals surface area contributed by atoms with E-state index in [2.05, 4.69) is 30.7 Å². The first-order valence-electron chi connectivity index (χ1n) is 8.90. The van der Waals surface area contributed by atoms with E-state index < -0.39 is 0 Å². The molecule has 0 fully saturated rings. The monoisotopic (exact) mass is 372 g/mol. The topological polar surface area (TPSA) is 28.3 Å². The maximum Gasteiger partial charge on any atom is 0.123 e. The number of rotatable bonds is 7. The highest BCUT2D eigenvalue weighted by Gasteiger charge is 2.14. The summed E-state index contributed by atoms with van der Waals surface area (Å²) in [7, 11) is 1.69. The van der Waals surface area contributed by atoms with Gasteiger partial charge in [-0.05, 0) is 55.9 Å². The lowest BCUT2D eigenvalue weighted by Gasteiger charge is -2.20. The van der Waals surface area contributed by atoms with Crippen molar-refractivity contribution in [3.63, 3.8) is 0 Å². The lowest BCUT2D eigenvalue weighted by atomic mass is 10.1. The summed E-state index contributed by atoms with van der Waals surface area (Å²) in [5, 5.41) is 1.16. The van der Waals surface area contributed by atoms with Gasteiger partial charge in [-0.25, -0.2) is 4.39 Å². The van der Waals surface area contributed by atoms with Crippen LogP contribution in [-0.2, 0) is 6.54 Å². The van der Waals surface area contributed by atoms with Gasteiger partial charge in [-0.2, -0.15) is 0 Å². The molecule has 3 nitrogen and oxygen atoms in total. The van der Waals surface area contributed by atoms with Crippen LogP contribution in [0.2, 0.25) is 0 Å². The minimum atomic E-state index is -0.187. The van der Waals surface area contributed by atoms with Crippen molar-refractivity contribution in [2.24, 2.45) is 0 Å². The number of nitrogens with zero attached hydrogens (tertiary/aromatic N) is 1. The van der Waals surface area contributed by atoms with Crippen molar-refractivity contribution >= 4 is 22.7 Å². The van der Waals surface area contributed by atoms with Crippen molar-refractivity contribution < 1.29 is 9.13 Å². The lowest BCUT2D eigenvalue weighted by molar-refractivity contribution is 0.293. The van der Waals surface area contributed by atoms with E-state index in [1.807, 2.05) is 24.4 Å². The van der Waals surface area contributed by atoms with E-state index in [1.54, 1.807) is 24.9 Å². The number of benzene rings is 2. The Bertz CT molecular complexity index is 902. The summed E-state index contributed by atoms with van der Waals surface area (Å²) >= 11 is 1.68. The van der Waals surface area contributed by atoms with Gasteiger partial charge >= 0.3 is 0 Å². The fraction of sp³-hybridized carbons (Fsp3) is 0.333. The van der Waals surface area contributed by atoms with Gasteiger partial charge in [0.05, 0.1) is 7.11 Å². The molecule has 0 bridgehead atoms. The molecule has 0 spiro atoms. The summed E-state index contributed by atoms with van der Waals surface area (Å²) in [5.74, 6) is 0.690. The zero-order valence-electron chi connectivity index (χ0n) is 15.7. The average Bonchev–Trinajstić information content (AvgIpc) is 3.05. The highest BCUT2D eigenvalue weighted by molar-refractivity contribution is 7.99. The maximum absolute atomic E-state index is 13.8.